The molecule has 0 radical (unpaired) electrons. The minimum absolute atomic E-state index is 0.344. The van der Waals surface area contributed by atoms with Crippen LogP contribution in [-0.4, -0.2) is 6.61 Å². The van der Waals surface area contributed by atoms with E-state index in [9.17, 15) is 0 Å². The van der Waals surface area contributed by atoms with Crippen molar-refractivity contribution in [2.45, 2.75) is 27.0 Å². The topological polar surface area (TPSA) is 30.5 Å². The van der Waals surface area contributed by atoms with Gasteiger partial charge < -0.3 is 14.8 Å². The Bertz CT molecular complexity index is 926. The van der Waals surface area contributed by atoms with E-state index in [1.165, 1.54) is 5.56 Å². The molecule has 3 aromatic carbocycles. The third kappa shape index (κ3) is 5.57. The van der Waals surface area contributed by atoms with Crippen LogP contribution in [-0.2, 0) is 13.2 Å². The number of hydrogen-bond acceptors (Lipinski definition) is 3. The molecule has 3 aromatic rings. The minimum Gasteiger partial charge on any atom is -0.490 e. The Morgan fingerprint density at radius 3 is 2.36 bits per heavy atom. The lowest BCUT2D eigenvalue weighted by Gasteiger charge is -2.15. The fourth-order valence-electron chi connectivity index (χ4n) is 2.72. The van der Waals surface area contributed by atoms with Gasteiger partial charge in [-0.05, 0) is 55.8 Å². The van der Waals surface area contributed by atoms with E-state index in [2.05, 4.69) is 36.5 Å². The minimum atomic E-state index is 0.344. The number of rotatable bonds is 8. The number of ether oxygens (including phenoxy) is 2. The van der Waals surface area contributed by atoms with Crippen molar-refractivity contribution >= 4 is 28.9 Å². The molecule has 0 fully saturated rings. The summed E-state index contributed by atoms with van der Waals surface area (Å²) in [5.74, 6) is 1.41. The summed E-state index contributed by atoms with van der Waals surface area (Å²) in [6, 6.07) is 19.7. The van der Waals surface area contributed by atoms with Gasteiger partial charge in [0.1, 0.15) is 6.61 Å². The van der Waals surface area contributed by atoms with E-state index in [1.807, 2.05) is 31.2 Å². The Kier molecular flexibility index (Phi) is 7.07. The van der Waals surface area contributed by atoms with Gasteiger partial charge in [-0.25, -0.2) is 0 Å². The molecule has 0 heterocycles. The molecule has 0 bridgehead atoms. The second-order valence-electron chi connectivity index (χ2n) is 6.46. The van der Waals surface area contributed by atoms with Crippen molar-refractivity contribution in [3.63, 3.8) is 0 Å². The highest BCUT2D eigenvalue weighted by atomic mass is 35.5. The SMILES string of the molecule is CCOc1cc(CNc2ccc(C)cc2)ccc1OCc1ccc(Cl)cc1Cl. The Labute approximate surface area is 176 Å². The van der Waals surface area contributed by atoms with Gasteiger partial charge >= 0.3 is 0 Å². The van der Waals surface area contributed by atoms with Gasteiger partial charge in [-0.3, -0.25) is 0 Å². The van der Waals surface area contributed by atoms with Crippen LogP contribution in [0.25, 0.3) is 0 Å². The van der Waals surface area contributed by atoms with Crippen LogP contribution in [0.4, 0.5) is 5.69 Å². The van der Waals surface area contributed by atoms with Gasteiger partial charge in [0.15, 0.2) is 11.5 Å². The third-order valence-electron chi connectivity index (χ3n) is 4.25. The largest absolute Gasteiger partial charge is 0.490 e. The number of benzene rings is 3. The molecule has 3 nitrogen and oxygen atoms in total. The van der Waals surface area contributed by atoms with Crippen LogP contribution in [0.15, 0.2) is 60.7 Å². The van der Waals surface area contributed by atoms with E-state index in [4.69, 9.17) is 32.7 Å². The predicted molar refractivity (Wildman–Crippen MR) is 117 cm³/mol. The van der Waals surface area contributed by atoms with E-state index in [0.717, 1.165) is 22.6 Å². The molecule has 1 N–H and O–H groups in total. The van der Waals surface area contributed by atoms with Gasteiger partial charge in [-0.1, -0.05) is 53.0 Å². The van der Waals surface area contributed by atoms with Crippen molar-refractivity contribution in [1.29, 1.82) is 0 Å². The average Bonchev–Trinajstić information content (AvgIpc) is 2.68. The zero-order chi connectivity index (χ0) is 19.9. The van der Waals surface area contributed by atoms with Crippen LogP contribution in [0.2, 0.25) is 10.0 Å². The maximum Gasteiger partial charge on any atom is 0.161 e. The van der Waals surface area contributed by atoms with Crippen LogP contribution >= 0.6 is 23.2 Å². The highest BCUT2D eigenvalue weighted by Crippen LogP contribution is 2.31. The molecular weight excluding hydrogens is 393 g/mol. The average molecular weight is 416 g/mol. The van der Waals surface area contributed by atoms with Crippen molar-refractivity contribution in [2.75, 3.05) is 11.9 Å². The van der Waals surface area contributed by atoms with Crippen LogP contribution in [0, 0.1) is 6.92 Å². The predicted octanol–water partition coefficient (Wildman–Crippen LogP) is 6.89. The summed E-state index contributed by atoms with van der Waals surface area (Å²) >= 11 is 12.2. The number of hydrogen-bond donors (Lipinski definition) is 1. The molecule has 0 aromatic heterocycles. The van der Waals surface area contributed by atoms with Gasteiger partial charge in [-0.15, -0.1) is 0 Å². The number of nitrogens with one attached hydrogen (secondary N) is 1. The van der Waals surface area contributed by atoms with E-state index < -0.39 is 0 Å². The van der Waals surface area contributed by atoms with E-state index >= 15 is 0 Å². The first-order valence-electron chi connectivity index (χ1n) is 9.18. The lowest BCUT2D eigenvalue weighted by Crippen LogP contribution is -2.03. The summed E-state index contributed by atoms with van der Waals surface area (Å²) in [6.45, 7) is 5.64. The molecule has 0 aliphatic rings. The molecule has 0 amide bonds. The van der Waals surface area contributed by atoms with Gasteiger partial charge in [0, 0.05) is 27.8 Å². The van der Waals surface area contributed by atoms with Crippen molar-refractivity contribution in [3.8, 4) is 11.5 Å². The van der Waals surface area contributed by atoms with Crippen molar-refractivity contribution in [3.05, 3.63) is 87.4 Å². The maximum absolute atomic E-state index is 6.23. The molecule has 0 saturated carbocycles. The molecule has 0 aliphatic heterocycles. The van der Waals surface area contributed by atoms with E-state index in [1.54, 1.807) is 12.1 Å². The summed E-state index contributed by atoms with van der Waals surface area (Å²) in [7, 11) is 0. The van der Waals surface area contributed by atoms with Gasteiger partial charge in [0.2, 0.25) is 0 Å². The van der Waals surface area contributed by atoms with E-state index in [-0.39, 0.29) is 0 Å². The first-order valence-corrected chi connectivity index (χ1v) is 9.93. The van der Waals surface area contributed by atoms with Gasteiger partial charge in [-0.2, -0.15) is 0 Å². The molecule has 5 heteroatoms. The first-order chi connectivity index (χ1) is 13.5. The molecule has 0 spiro atoms. The highest BCUT2D eigenvalue weighted by molar-refractivity contribution is 6.35. The van der Waals surface area contributed by atoms with E-state index in [0.29, 0.717) is 35.6 Å². The third-order valence-corrected chi connectivity index (χ3v) is 4.84. The Morgan fingerprint density at radius 1 is 0.857 bits per heavy atom. The van der Waals surface area contributed by atoms with Crippen LogP contribution in [0.3, 0.4) is 0 Å². The monoisotopic (exact) mass is 415 g/mol. The fourth-order valence-corrected chi connectivity index (χ4v) is 3.18. The normalized spacial score (nSPS) is 10.6. The summed E-state index contributed by atoms with van der Waals surface area (Å²) in [4.78, 5) is 0. The summed E-state index contributed by atoms with van der Waals surface area (Å²) < 4.78 is 11.7. The van der Waals surface area contributed by atoms with Crippen LogP contribution in [0.1, 0.15) is 23.6 Å². The molecule has 28 heavy (non-hydrogen) atoms. The first kappa shape index (κ1) is 20.4. The molecule has 0 atom stereocenters. The maximum atomic E-state index is 6.23. The van der Waals surface area contributed by atoms with Gasteiger partial charge in [0.05, 0.1) is 6.61 Å². The Hall–Kier alpha value is -2.36. The number of aryl methyl sites for hydroxylation is 1. The lowest BCUT2D eigenvalue weighted by molar-refractivity contribution is 0.269. The Balaban J connectivity index is 1.68. The number of halogens is 2. The molecule has 0 unspecified atom stereocenters. The quantitative estimate of drug-likeness (QED) is 0.434. The number of anilines is 1. The fraction of sp³-hybridized carbons (Fsp3) is 0.217. The smallest absolute Gasteiger partial charge is 0.161 e. The van der Waals surface area contributed by atoms with Crippen molar-refractivity contribution in [1.82, 2.24) is 0 Å². The molecule has 0 saturated heterocycles. The second kappa shape index (κ2) is 9.72. The van der Waals surface area contributed by atoms with Crippen LogP contribution < -0.4 is 14.8 Å². The summed E-state index contributed by atoms with van der Waals surface area (Å²) in [5.41, 5.74) is 4.31. The summed E-state index contributed by atoms with van der Waals surface area (Å²) in [5, 5.41) is 4.61. The highest BCUT2D eigenvalue weighted by Gasteiger charge is 2.09. The van der Waals surface area contributed by atoms with Crippen molar-refractivity contribution in [2.24, 2.45) is 0 Å². The van der Waals surface area contributed by atoms with Crippen molar-refractivity contribution < 1.29 is 9.47 Å². The molecule has 0 aliphatic carbocycles. The Morgan fingerprint density at radius 2 is 1.64 bits per heavy atom. The standard InChI is InChI=1S/C23H23Cl2NO2/c1-3-27-23-12-17(14-26-20-9-4-16(2)5-10-20)6-11-22(23)28-15-18-7-8-19(24)13-21(18)25/h4-13,26H,3,14-15H2,1-2H3. The summed E-state index contributed by atoms with van der Waals surface area (Å²) in [6.07, 6.45) is 0. The molecule has 146 valence electrons. The molecule has 3 rings (SSSR count). The van der Waals surface area contributed by atoms with Crippen LogP contribution in [0.5, 0.6) is 11.5 Å². The zero-order valence-electron chi connectivity index (χ0n) is 16.0. The second-order valence-corrected chi connectivity index (χ2v) is 7.30. The molecular formula is C23H23Cl2NO2. The zero-order valence-corrected chi connectivity index (χ0v) is 17.5. The lowest BCUT2D eigenvalue weighted by atomic mass is 10.2. The van der Waals surface area contributed by atoms with Gasteiger partial charge in [0.25, 0.3) is 0 Å².